The predicted molar refractivity (Wildman–Crippen MR) is 84.0 cm³/mol. The average molecular weight is 280 g/mol. The Balaban J connectivity index is 2.21. The van der Waals surface area contributed by atoms with E-state index >= 15 is 0 Å². The molecule has 0 bridgehead atoms. The summed E-state index contributed by atoms with van der Waals surface area (Å²) >= 11 is 1.88. The van der Waals surface area contributed by atoms with Gasteiger partial charge < -0.3 is 10.6 Å². The molecule has 0 aromatic carbocycles. The molecule has 2 rings (SSSR count). The SMILES string of the molecule is CSCCC(C)N(C)c1nc(C2CC2)nc(N)c1C. The number of aromatic nitrogens is 2. The minimum absolute atomic E-state index is 0.465. The summed E-state index contributed by atoms with van der Waals surface area (Å²) in [6.45, 7) is 4.25. The van der Waals surface area contributed by atoms with Crippen molar-refractivity contribution in [1.82, 2.24) is 9.97 Å². The van der Waals surface area contributed by atoms with E-state index in [4.69, 9.17) is 10.7 Å². The number of hydrogen-bond donors (Lipinski definition) is 1. The van der Waals surface area contributed by atoms with Gasteiger partial charge in [-0.2, -0.15) is 11.8 Å². The van der Waals surface area contributed by atoms with E-state index < -0.39 is 0 Å². The molecule has 0 radical (unpaired) electrons. The van der Waals surface area contributed by atoms with Crippen molar-refractivity contribution in [1.29, 1.82) is 0 Å². The van der Waals surface area contributed by atoms with Crippen LogP contribution in [-0.4, -0.2) is 35.1 Å². The summed E-state index contributed by atoms with van der Waals surface area (Å²) in [5.74, 6) is 4.28. The summed E-state index contributed by atoms with van der Waals surface area (Å²) in [6.07, 6.45) is 5.70. The van der Waals surface area contributed by atoms with Gasteiger partial charge in [0.25, 0.3) is 0 Å². The van der Waals surface area contributed by atoms with Gasteiger partial charge >= 0.3 is 0 Å². The van der Waals surface area contributed by atoms with Gasteiger partial charge in [0.15, 0.2) is 0 Å². The van der Waals surface area contributed by atoms with Crippen LogP contribution in [-0.2, 0) is 0 Å². The smallest absolute Gasteiger partial charge is 0.137 e. The van der Waals surface area contributed by atoms with E-state index in [0.29, 0.717) is 17.8 Å². The third kappa shape index (κ3) is 3.32. The van der Waals surface area contributed by atoms with Gasteiger partial charge in [-0.05, 0) is 45.1 Å². The lowest BCUT2D eigenvalue weighted by atomic mass is 10.2. The van der Waals surface area contributed by atoms with Crippen LogP contribution in [0.15, 0.2) is 0 Å². The maximum absolute atomic E-state index is 6.04. The van der Waals surface area contributed by atoms with Gasteiger partial charge in [0.1, 0.15) is 17.5 Å². The van der Waals surface area contributed by atoms with Crippen LogP contribution in [0.5, 0.6) is 0 Å². The van der Waals surface area contributed by atoms with Gasteiger partial charge in [-0.3, -0.25) is 0 Å². The first kappa shape index (κ1) is 14.4. The monoisotopic (exact) mass is 280 g/mol. The van der Waals surface area contributed by atoms with Crippen molar-refractivity contribution < 1.29 is 0 Å². The third-order valence-electron chi connectivity index (χ3n) is 3.85. The highest BCUT2D eigenvalue weighted by Gasteiger charge is 2.28. The largest absolute Gasteiger partial charge is 0.383 e. The second-order valence-electron chi connectivity index (χ2n) is 5.43. The Labute approximate surface area is 120 Å². The lowest BCUT2D eigenvalue weighted by Crippen LogP contribution is -2.31. The first-order valence-electron chi connectivity index (χ1n) is 6.90. The lowest BCUT2D eigenvalue weighted by Gasteiger charge is -2.28. The highest BCUT2D eigenvalue weighted by Crippen LogP contribution is 2.39. The first-order chi connectivity index (χ1) is 9.04. The van der Waals surface area contributed by atoms with Crippen LogP contribution in [0.25, 0.3) is 0 Å². The Kier molecular flexibility index (Phi) is 4.55. The molecule has 1 unspecified atom stereocenters. The number of anilines is 2. The molecule has 1 aliphatic rings. The summed E-state index contributed by atoms with van der Waals surface area (Å²) in [5.41, 5.74) is 7.05. The number of nitrogens with two attached hydrogens (primary N) is 1. The molecule has 1 saturated carbocycles. The van der Waals surface area contributed by atoms with Gasteiger partial charge in [0, 0.05) is 24.6 Å². The Morgan fingerprint density at radius 3 is 2.68 bits per heavy atom. The predicted octanol–water partition coefficient (Wildman–Crippen LogP) is 2.82. The zero-order chi connectivity index (χ0) is 14.0. The van der Waals surface area contributed by atoms with Crippen molar-refractivity contribution in [3.63, 3.8) is 0 Å². The quantitative estimate of drug-likeness (QED) is 0.868. The summed E-state index contributed by atoms with van der Waals surface area (Å²) in [7, 11) is 2.11. The number of rotatable bonds is 6. The molecular formula is C14H24N4S. The topological polar surface area (TPSA) is 55.0 Å². The molecule has 106 valence electrons. The number of nitrogen functional groups attached to an aromatic ring is 1. The molecule has 5 heteroatoms. The van der Waals surface area contributed by atoms with Crippen LogP contribution in [0.3, 0.4) is 0 Å². The zero-order valence-corrected chi connectivity index (χ0v) is 13.1. The summed E-state index contributed by atoms with van der Waals surface area (Å²) in [4.78, 5) is 11.4. The molecule has 1 atom stereocenters. The molecule has 1 aromatic heterocycles. The van der Waals surface area contributed by atoms with E-state index in [1.54, 1.807) is 0 Å². The minimum Gasteiger partial charge on any atom is -0.383 e. The fraction of sp³-hybridized carbons (Fsp3) is 0.714. The number of nitrogens with zero attached hydrogens (tertiary/aromatic N) is 3. The second-order valence-corrected chi connectivity index (χ2v) is 6.42. The van der Waals surface area contributed by atoms with Crippen LogP contribution < -0.4 is 10.6 Å². The van der Waals surface area contributed by atoms with Crippen molar-refractivity contribution in [3.05, 3.63) is 11.4 Å². The molecule has 0 amide bonds. The van der Waals surface area contributed by atoms with Crippen LogP contribution in [0.1, 0.15) is 43.5 Å². The van der Waals surface area contributed by atoms with E-state index in [1.165, 1.54) is 18.6 Å². The number of thioether (sulfide) groups is 1. The van der Waals surface area contributed by atoms with Crippen molar-refractivity contribution in [2.45, 2.75) is 45.1 Å². The van der Waals surface area contributed by atoms with Gasteiger partial charge in [-0.15, -0.1) is 0 Å². The molecule has 0 aliphatic heterocycles. The van der Waals surface area contributed by atoms with Gasteiger partial charge in [-0.1, -0.05) is 0 Å². The molecule has 1 aliphatic carbocycles. The van der Waals surface area contributed by atoms with E-state index in [0.717, 1.165) is 23.6 Å². The Hall–Kier alpha value is -0.970. The fourth-order valence-corrected chi connectivity index (χ4v) is 2.67. The molecule has 1 fully saturated rings. The molecule has 19 heavy (non-hydrogen) atoms. The third-order valence-corrected chi connectivity index (χ3v) is 4.50. The summed E-state index contributed by atoms with van der Waals surface area (Å²) in [6, 6.07) is 0.465. The van der Waals surface area contributed by atoms with Crippen LogP contribution in [0, 0.1) is 6.92 Å². The van der Waals surface area contributed by atoms with E-state index in [1.807, 2.05) is 18.7 Å². The number of hydrogen-bond acceptors (Lipinski definition) is 5. The molecule has 0 spiro atoms. The first-order valence-corrected chi connectivity index (χ1v) is 8.29. The highest BCUT2D eigenvalue weighted by atomic mass is 32.2. The van der Waals surface area contributed by atoms with Crippen molar-refractivity contribution in [2.75, 3.05) is 29.7 Å². The molecule has 2 N–H and O–H groups in total. The normalized spacial score (nSPS) is 16.4. The maximum atomic E-state index is 6.04. The van der Waals surface area contributed by atoms with Crippen molar-refractivity contribution in [2.24, 2.45) is 0 Å². The Bertz CT molecular complexity index is 445. The minimum atomic E-state index is 0.465. The standard InChI is InChI=1S/C14H24N4S/c1-9(7-8-19-4)18(3)14-10(2)12(15)16-13(17-14)11-5-6-11/h9,11H,5-8H2,1-4H3,(H2,15,16,17). The zero-order valence-electron chi connectivity index (χ0n) is 12.3. The van der Waals surface area contributed by atoms with Crippen LogP contribution in [0.2, 0.25) is 0 Å². The Morgan fingerprint density at radius 2 is 2.11 bits per heavy atom. The maximum Gasteiger partial charge on any atom is 0.137 e. The van der Waals surface area contributed by atoms with Crippen molar-refractivity contribution in [3.8, 4) is 0 Å². The van der Waals surface area contributed by atoms with E-state index in [2.05, 4.69) is 30.1 Å². The molecular weight excluding hydrogens is 256 g/mol. The molecule has 4 nitrogen and oxygen atoms in total. The summed E-state index contributed by atoms with van der Waals surface area (Å²) < 4.78 is 0. The summed E-state index contributed by atoms with van der Waals surface area (Å²) in [5, 5.41) is 0. The lowest BCUT2D eigenvalue weighted by molar-refractivity contribution is 0.657. The molecule has 1 heterocycles. The average Bonchev–Trinajstić information content (AvgIpc) is 3.22. The van der Waals surface area contributed by atoms with E-state index in [-0.39, 0.29) is 0 Å². The van der Waals surface area contributed by atoms with Gasteiger partial charge in [0.2, 0.25) is 0 Å². The van der Waals surface area contributed by atoms with Crippen LogP contribution >= 0.6 is 11.8 Å². The van der Waals surface area contributed by atoms with Gasteiger partial charge in [0.05, 0.1) is 0 Å². The fourth-order valence-electron chi connectivity index (χ4n) is 2.10. The second kappa shape index (κ2) is 5.99. The molecule has 0 saturated heterocycles. The van der Waals surface area contributed by atoms with Crippen molar-refractivity contribution >= 4 is 23.4 Å². The van der Waals surface area contributed by atoms with Gasteiger partial charge in [-0.25, -0.2) is 9.97 Å². The van der Waals surface area contributed by atoms with E-state index in [9.17, 15) is 0 Å². The highest BCUT2D eigenvalue weighted by molar-refractivity contribution is 7.98. The molecule has 1 aromatic rings. The van der Waals surface area contributed by atoms with Crippen LogP contribution in [0.4, 0.5) is 11.6 Å². The Morgan fingerprint density at radius 1 is 1.42 bits per heavy atom.